The second kappa shape index (κ2) is 4.63. The van der Waals surface area contributed by atoms with Crippen LogP contribution in [0.25, 0.3) is 0 Å². The molecule has 0 spiro atoms. The van der Waals surface area contributed by atoms with Crippen LogP contribution in [0.4, 0.5) is 5.69 Å². The average molecular weight is 249 g/mol. The Morgan fingerprint density at radius 1 is 1.29 bits per heavy atom. The van der Waals surface area contributed by atoms with E-state index in [9.17, 15) is 0 Å². The molecule has 1 aliphatic heterocycles. The van der Waals surface area contributed by atoms with Crippen molar-refractivity contribution >= 4 is 23.0 Å². The molecule has 3 nitrogen and oxygen atoms in total. The maximum absolute atomic E-state index is 5.38. The van der Waals surface area contributed by atoms with Crippen LogP contribution in [-0.4, -0.2) is 10.8 Å². The Labute approximate surface area is 108 Å². The van der Waals surface area contributed by atoms with Gasteiger partial charge in [0.25, 0.3) is 0 Å². The van der Waals surface area contributed by atoms with Crippen LogP contribution in [0.2, 0.25) is 0 Å². The number of nitrogens with zero attached hydrogens (tertiary/aromatic N) is 1. The summed E-state index contributed by atoms with van der Waals surface area (Å²) in [5.74, 6) is 0.610. The Morgan fingerprint density at radius 3 is 2.53 bits per heavy atom. The molecule has 2 N–H and O–H groups in total. The van der Waals surface area contributed by atoms with Gasteiger partial charge in [-0.15, -0.1) is 0 Å². The summed E-state index contributed by atoms with van der Waals surface area (Å²) in [6.45, 7) is 6.56. The molecule has 0 amide bonds. The first-order valence-corrected chi connectivity index (χ1v) is 6.36. The number of hydrogen-bond donors (Lipinski definition) is 2. The van der Waals surface area contributed by atoms with Crippen molar-refractivity contribution in [1.82, 2.24) is 10.7 Å². The van der Waals surface area contributed by atoms with E-state index in [-0.39, 0.29) is 5.66 Å². The molecule has 92 valence electrons. The molecule has 1 atom stereocenters. The summed E-state index contributed by atoms with van der Waals surface area (Å²) in [6, 6.07) is 10.1. The number of para-hydroxylation sites is 1. The second-order valence-electron chi connectivity index (χ2n) is 5.14. The Kier molecular flexibility index (Phi) is 3.35. The quantitative estimate of drug-likeness (QED) is 0.805. The van der Waals surface area contributed by atoms with Crippen molar-refractivity contribution in [2.24, 2.45) is 5.92 Å². The van der Waals surface area contributed by atoms with Crippen molar-refractivity contribution in [3.8, 4) is 0 Å². The Morgan fingerprint density at radius 2 is 1.94 bits per heavy atom. The number of hydrogen-bond acceptors (Lipinski definition) is 2. The van der Waals surface area contributed by atoms with Gasteiger partial charge in [-0.1, -0.05) is 32.0 Å². The van der Waals surface area contributed by atoms with Gasteiger partial charge in [-0.3, -0.25) is 5.01 Å². The molecule has 4 heteroatoms. The molecule has 2 rings (SSSR count). The van der Waals surface area contributed by atoms with Crippen molar-refractivity contribution in [2.45, 2.75) is 32.9 Å². The lowest BCUT2D eigenvalue weighted by atomic mass is 10.0. The standard InChI is InChI=1S/C13H19N3S/c1-10(2)9-13(3)14-12(17)16(15-13)11-7-5-4-6-8-11/h4-8,10,15H,9H2,1-3H3,(H,14,17)/t13-/m1/s1. The maximum Gasteiger partial charge on any atom is 0.189 e. The predicted octanol–water partition coefficient (Wildman–Crippen LogP) is 2.65. The first-order valence-electron chi connectivity index (χ1n) is 5.95. The zero-order valence-electron chi connectivity index (χ0n) is 10.5. The lowest BCUT2D eigenvalue weighted by Crippen LogP contribution is -2.49. The van der Waals surface area contributed by atoms with E-state index in [1.807, 2.05) is 35.3 Å². The first-order chi connectivity index (χ1) is 8.00. The van der Waals surface area contributed by atoms with Gasteiger partial charge in [0.2, 0.25) is 0 Å². The largest absolute Gasteiger partial charge is 0.342 e. The molecule has 0 unspecified atom stereocenters. The van der Waals surface area contributed by atoms with Crippen molar-refractivity contribution in [1.29, 1.82) is 0 Å². The molecular weight excluding hydrogens is 230 g/mol. The minimum Gasteiger partial charge on any atom is -0.342 e. The molecule has 1 aliphatic rings. The molecule has 0 radical (unpaired) electrons. The maximum atomic E-state index is 5.38. The summed E-state index contributed by atoms with van der Waals surface area (Å²) < 4.78 is 0. The highest BCUT2D eigenvalue weighted by Crippen LogP contribution is 2.23. The fourth-order valence-electron chi connectivity index (χ4n) is 2.29. The second-order valence-corrected chi connectivity index (χ2v) is 5.53. The third-order valence-electron chi connectivity index (χ3n) is 2.78. The smallest absolute Gasteiger partial charge is 0.189 e. The van der Waals surface area contributed by atoms with Crippen LogP contribution >= 0.6 is 12.2 Å². The van der Waals surface area contributed by atoms with E-state index in [1.54, 1.807) is 0 Å². The molecule has 17 heavy (non-hydrogen) atoms. The van der Waals surface area contributed by atoms with Gasteiger partial charge in [0.05, 0.1) is 5.69 Å². The van der Waals surface area contributed by atoms with Crippen LogP contribution in [0.5, 0.6) is 0 Å². The van der Waals surface area contributed by atoms with Gasteiger partial charge in [-0.2, -0.15) is 0 Å². The Hall–Kier alpha value is -1.13. The first kappa shape index (κ1) is 12.3. The number of thiocarbonyl (C=S) groups is 1. The van der Waals surface area contributed by atoms with Gasteiger partial charge in [0.1, 0.15) is 5.66 Å². The van der Waals surface area contributed by atoms with Gasteiger partial charge in [-0.05, 0) is 43.6 Å². The average Bonchev–Trinajstić information content (AvgIpc) is 2.54. The van der Waals surface area contributed by atoms with E-state index in [0.717, 1.165) is 17.2 Å². The van der Waals surface area contributed by atoms with Gasteiger partial charge in [-0.25, -0.2) is 5.43 Å². The van der Waals surface area contributed by atoms with E-state index in [0.29, 0.717) is 5.92 Å². The number of rotatable bonds is 3. The van der Waals surface area contributed by atoms with Crippen LogP contribution in [0.3, 0.4) is 0 Å². The van der Waals surface area contributed by atoms with E-state index < -0.39 is 0 Å². The highest BCUT2D eigenvalue weighted by atomic mass is 32.1. The summed E-state index contributed by atoms with van der Waals surface area (Å²) in [6.07, 6.45) is 1.02. The summed E-state index contributed by atoms with van der Waals surface area (Å²) in [5, 5.41) is 6.03. The SMILES string of the molecule is CC(C)C[C@]1(C)NC(=S)N(c2ccccc2)N1. The topological polar surface area (TPSA) is 27.3 Å². The van der Waals surface area contributed by atoms with Crippen molar-refractivity contribution in [3.05, 3.63) is 30.3 Å². The molecule has 1 fully saturated rings. The summed E-state index contributed by atoms with van der Waals surface area (Å²) in [4.78, 5) is 0. The highest BCUT2D eigenvalue weighted by Gasteiger charge is 2.36. The highest BCUT2D eigenvalue weighted by molar-refractivity contribution is 7.80. The van der Waals surface area contributed by atoms with Gasteiger partial charge >= 0.3 is 0 Å². The molecule has 0 aromatic heterocycles. The molecule has 1 aromatic carbocycles. The lowest BCUT2D eigenvalue weighted by molar-refractivity contribution is 0.303. The molecule has 1 heterocycles. The van der Waals surface area contributed by atoms with Crippen molar-refractivity contribution < 1.29 is 0 Å². The predicted molar refractivity (Wildman–Crippen MR) is 75.7 cm³/mol. The molecule has 0 aliphatic carbocycles. The third kappa shape index (κ3) is 2.76. The van der Waals surface area contributed by atoms with E-state index in [1.165, 1.54) is 0 Å². The summed E-state index contributed by atoms with van der Waals surface area (Å²) >= 11 is 5.38. The fourth-order valence-corrected chi connectivity index (χ4v) is 2.67. The van der Waals surface area contributed by atoms with E-state index in [4.69, 9.17) is 12.2 Å². The normalized spacial score (nSPS) is 24.2. The van der Waals surface area contributed by atoms with Crippen LogP contribution in [0, 0.1) is 5.92 Å². The van der Waals surface area contributed by atoms with Crippen molar-refractivity contribution in [3.63, 3.8) is 0 Å². The minimum atomic E-state index is -0.152. The minimum absolute atomic E-state index is 0.152. The third-order valence-corrected chi connectivity index (χ3v) is 3.06. The molecule has 0 bridgehead atoms. The molecular formula is C13H19N3S. The number of nitrogens with one attached hydrogen (secondary N) is 2. The monoisotopic (exact) mass is 249 g/mol. The molecule has 1 saturated heterocycles. The van der Waals surface area contributed by atoms with E-state index >= 15 is 0 Å². The lowest BCUT2D eigenvalue weighted by Gasteiger charge is -2.27. The number of hydrazine groups is 1. The Bertz CT molecular complexity index is 404. The zero-order valence-corrected chi connectivity index (χ0v) is 11.3. The van der Waals surface area contributed by atoms with Gasteiger partial charge < -0.3 is 5.32 Å². The van der Waals surface area contributed by atoms with Crippen LogP contribution in [0.15, 0.2) is 30.3 Å². The molecule has 1 aromatic rings. The van der Waals surface area contributed by atoms with Gasteiger partial charge in [0, 0.05) is 0 Å². The summed E-state index contributed by atoms with van der Waals surface area (Å²) in [5.41, 5.74) is 4.36. The Balaban J connectivity index is 2.15. The van der Waals surface area contributed by atoms with Crippen LogP contribution in [0.1, 0.15) is 27.2 Å². The summed E-state index contributed by atoms with van der Waals surface area (Å²) in [7, 11) is 0. The van der Waals surface area contributed by atoms with E-state index in [2.05, 4.69) is 31.5 Å². The fraction of sp³-hybridized carbons (Fsp3) is 0.462. The number of benzene rings is 1. The molecule has 0 saturated carbocycles. The number of anilines is 1. The van der Waals surface area contributed by atoms with Crippen molar-refractivity contribution in [2.75, 3.05) is 5.01 Å². The van der Waals surface area contributed by atoms with Crippen LogP contribution < -0.4 is 15.8 Å². The van der Waals surface area contributed by atoms with Crippen LogP contribution in [-0.2, 0) is 0 Å². The van der Waals surface area contributed by atoms with Gasteiger partial charge in [0.15, 0.2) is 5.11 Å². The zero-order chi connectivity index (χ0) is 12.5.